The zero-order valence-corrected chi connectivity index (χ0v) is 13.2. The molecule has 1 aliphatic rings. The van der Waals surface area contributed by atoms with Crippen LogP contribution < -0.4 is 5.32 Å². The molecule has 1 atom stereocenters. The van der Waals surface area contributed by atoms with Gasteiger partial charge in [0.25, 0.3) is 0 Å². The number of sulfonamides is 1. The van der Waals surface area contributed by atoms with E-state index in [0.29, 0.717) is 31.7 Å². The normalized spacial score (nSPS) is 19.5. The first-order valence-corrected chi connectivity index (χ1v) is 8.76. The Morgan fingerprint density at radius 1 is 1.43 bits per heavy atom. The molecule has 0 spiro atoms. The lowest BCUT2D eigenvalue weighted by molar-refractivity contribution is -0.137. The number of anilines is 1. The molecule has 2 rings (SSSR count). The molecule has 0 radical (unpaired) electrons. The molecule has 0 aliphatic carbocycles. The third-order valence-electron chi connectivity index (χ3n) is 3.76. The Balaban J connectivity index is 2.01. The molecule has 1 unspecified atom stereocenters. The van der Waals surface area contributed by atoms with Gasteiger partial charge in [0.15, 0.2) is 0 Å². The standard InChI is InChI=1S/C14H16F3N3O2S/c1-23(21,22)20-5-4-10(9-20)8-19-12-2-3-13(14(15,16)17)11(6-12)7-18/h2-3,6,10,19H,4-5,8-9H2,1H3. The van der Waals surface area contributed by atoms with E-state index in [-0.39, 0.29) is 5.92 Å². The average Bonchev–Trinajstić information content (AvgIpc) is 2.92. The number of nitriles is 1. The molecule has 23 heavy (non-hydrogen) atoms. The summed E-state index contributed by atoms with van der Waals surface area (Å²) in [4.78, 5) is 0. The quantitative estimate of drug-likeness (QED) is 0.907. The lowest BCUT2D eigenvalue weighted by Gasteiger charge is -2.15. The molecule has 0 bridgehead atoms. The second-order valence-corrected chi connectivity index (χ2v) is 7.51. The van der Waals surface area contributed by atoms with E-state index in [1.807, 2.05) is 0 Å². The van der Waals surface area contributed by atoms with Gasteiger partial charge in [0.1, 0.15) is 0 Å². The van der Waals surface area contributed by atoms with Crippen molar-refractivity contribution in [2.75, 3.05) is 31.2 Å². The number of hydrogen-bond acceptors (Lipinski definition) is 4. The average molecular weight is 347 g/mol. The van der Waals surface area contributed by atoms with Crippen LogP contribution in [0.5, 0.6) is 0 Å². The first kappa shape index (κ1) is 17.6. The van der Waals surface area contributed by atoms with E-state index in [1.165, 1.54) is 10.4 Å². The predicted molar refractivity (Wildman–Crippen MR) is 79.2 cm³/mol. The van der Waals surface area contributed by atoms with E-state index in [9.17, 15) is 21.6 Å². The minimum Gasteiger partial charge on any atom is -0.385 e. The van der Waals surface area contributed by atoms with E-state index in [0.717, 1.165) is 18.4 Å². The molecule has 1 aromatic rings. The molecule has 1 aliphatic heterocycles. The summed E-state index contributed by atoms with van der Waals surface area (Å²) in [6, 6.07) is 4.85. The molecule has 1 fully saturated rings. The van der Waals surface area contributed by atoms with Gasteiger partial charge in [-0.15, -0.1) is 0 Å². The molecule has 9 heteroatoms. The highest BCUT2D eigenvalue weighted by Crippen LogP contribution is 2.33. The van der Waals surface area contributed by atoms with Crippen molar-refractivity contribution < 1.29 is 21.6 Å². The Labute approximate surface area is 132 Å². The maximum Gasteiger partial charge on any atom is 0.417 e. The molecule has 1 heterocycles. The van der Waals surface area contributed by atoms with Gasteiger partial charge >= 0.3 is 6.18 Å². The third-order valence-corrected chi connectivity index (χ3v) is 5.03. The molecule has 0 saturated carbocycles. The van der Waals surface area contributed by atoms with Gasteiger partial charge in [-0.25, -0.2) is 12.7 Å². The van der Waals surface area contributed by atoms with Crippen LogP contribution in [0, 0.1) is 17.2 Å². The van der Waals surface area contributed by atoms with Gasteiger partial charge in [-0.3, -0.25) is 0 Å². The van der Waals surface area contributed by atoms with Crippen molar-refractivity contribution in [1.29, 1.82) is 5.26 Å². The zero-order chi connectivity index (χ0) is 17.3. The number of alkyl halides is 3. The predicted octanol–water partition coefficient (Wildman–Crippen LogP) is 2.27. The Morgan fingerprint density at radius 2 is 2.13 bits per heavy atom. The summed E-state index contributed by atoms with van der Waals surface area (Å²) >= 11 is 0. The third kappa shape index (κ3) is 4.36. The Hall–Kier alpha value is -1.79. The summed E-state index contributed by atoms with van der Waals surface area (Å²) < 4.78 is 62.4. The number of nitrogens with zero attached hydrogens (tertiary/aromatic N) is 2. The second-order valence-electron chi connectivity index (χ2n) is 5.53. The molecule has 5 nitrogen and oxygen atoms in total. The van der Waals surface area contributed by atoms with Gasteiger partial charge in [0.05, 0.1) is 23.5 Å². The first-order chi connectivity index (χ1) is 10.6. The molecular weight excluding hydrogens is 331 g/mol. The summed E-state index contributed by atoms with van der Waals surface area (Å²) in [5.41, 5.74) is -0.992. The summed E-state index contributed by atoms with van der Waals surface area (Å²) in [6.45, 7) is 1.27. The zero-order valence-electron chi connectivity index (χ0n) is 12.4. The molecule has 1 N–H and O–H groups in total. The van der Waals surface area contributed by atoms with Crippen LogP contribution in [0.3, 0.4) is 0 Å². The minimum atomic E-state index is -4.56. The molecule has 126 valence electrons. The van der Waals surface area contributed by atoms with Crippen LogP contribution in [0.4, 0.5) is 18.9 Å². The molecule has 1 saturated heterocycles. The van der Waals surface area contributed by atoms with Crippen LogP contribution in [0.25, 0.3) is 0 Å². The maximum atomic E-state index is 12.7. The van der Waals surface area contributed by atoms with Crippen molar-refractivity contribution in [3.8, 4) is 6.07 Å². The fraction of sp³-hybridized carbons (Fsp3) is 0.500. The second kappa shape index (κ2) is 6.37. The lowest BCUT2D eigenvalue weighted by Crippen LogP contribution is -2.28. The van der Waals surface area contributed by atoms with Crippen molar-refractivity contribution >= 4 is 15.7 Å². The highest BCUT2D eigenvalue weighted by Gasteiger charge is 2.33. The SMILES string of the molecule is CS(=O)(=O)N1CCC(CNc2ccc(C(F)(F)F)c(C#N)c2)C1. The molecule has 0 aromatic heterocycles. The van der Waals surface area contributed by atoms with E-state index in [1.54, 1.807) is 6.07 Å². The van der Waals surface area contributed by atoms with Crippen molar-refractivity contribution in [1.82, 2.24) is 4.31 Å². The topological polar surface area (TPSA) is 73.2 Å². The number of rotatable bonds is 4. The van der Waals surface area contributed by atoms with Gasteiger partial charge < -0.3 is 5.32 Å². The number of benzene rings is 1. The summed E-state index contributed by atoms with van der Waals surface area (Å²) in [5, 5.41) is 11.8. The molecule has 0 amide bonds. The highest BCUT2D eigenvalue weighted by molar-refractivity contribution is 7.88. The van der Waals surface area contributed by atoms with Crippen LogP contribution in [-0.4, -0.2) is 38.6 Å². The van der Waals surface area contributed by atoms with Crippen molar-refractivity contribution in [3.63, 3.8) is 0 Å². The van der Waals surface area contributed by atoms with Gasteiger partial charge in [-0.1, -0.05) is 0 Å². The lowest BCUT2D eigenvalue weighted by atomic mass is 10.1. The fourth-order valence-corrected chi connectivity index (χ4v) is 3.44. The summed E-state index contributed by atoms with van der Waals surface area (Å²) in [5.74, 6) is 0.0811. The van der Waals surface area contributed by atoms with Crippen molar-refractivity contribution in [3.05, 3.63) is 29.3 Å². The van der Waals surface area contributed by atoms with Crippen LogP contribution >= 0.6 is 0 Å². The first-order valence-electron chi connectivity index (χ1n) is 6.91. The highest BCUT2D eigenvalue weighted by atomic mass is 32.2. The summed E-state index contributed by atoms with van der Waals surface area (Å²) in [7, 11) is -3.21. The van der Waals surface area contributed by atoms with E-state index in [2.05, 4.69) is 5.32 Å². The number of halogens is 3. The van der Waals surface area contributed by atoms with Crippen LogP contribution in [0.15, 0.2) is 18.2 Å². The van der Waals surface area contributed by atoms with E-state index >= 15 is 0 Å². The van der Waals surface area contributed by atoms with Gasteiger partial charge in [0, 0.05) is 25.3 Å². The maximum absolute atomic E-state index is 12.7. The van der Waals surface area contributed by atoms with Gasteiger partial charge in [-0.05, 0) is 30.5 Å². The van der Waals surface area contributed by atoms with Crippen LogP contribution in [0.2, 0.25) is 0 Å². The minimum absolute atomic E-state index is 0.0811. The smallest absolute Gasteiger partial charge is 0.385 e. The molecular formula is C14H16F3N3O2S. The number of nitrogens with one attached hydrogen (secondary N) is 1. The van der Waals surface area contributed by atoms with Gasteiger partial charge in [0.2, 0.25) is 10.0 Å². The monoisotopic (exact) mass is 347 g/mol. The van der Waals surface area contributed by atoms with Crippen LogP contribution in [-0.2, 0) is 16.2 Å². The molecule has 1 aromatic carbocycles. The fourth-order valence-electron chi connectivity index (χ4n) is 2.52. The Bertz CT molecular complexity index is 726. The number of hydrogen-bond donors (Lipinski definition) is 1. The summed E-state index contributed by atoms with van der Waals surface area (Å²) in [6.07, 6.45) is -2.73. The van der Waals surface area contributed by atoms with E-state index in [4.69, 9.17) is 5.26 Å². The Kier molecular flexibility index (Phi) is 4.87. The van der Waals surface area contributed by atoms with Crippen molar-refractivity contribution in [2.45, 2.75) is 12.6 Å². The largest absolute Gasteiger partial charge is 0.417 e. The van der Waals surface area contributed by atoms with Crippen LogP contribution in [0.1, 0.15) is 17.5 Å². The van der Waals surface area contributed by atoms with E-state index < -0.39 is 27.3 Å². The van der Waals surface area contributed by atoms with Gasteiger partial charge in [-0.2, -0.15) is 18.4 Å². The Morgan fingerprint density at radius 3 is 2.65 bits per heavy atom. The van der Waals surface area contributed by atoms with Crippen molar-refractivity contribution in [2.24, 2.45) is 5.92 Å².